The lowest BCUT2D eigenvalue weighted by Crippen LogP contribution is -2.25. The summed E-state index contributed by atoms with van der Waals surface area (Å²) in [5, 5.41) is 30.1. The van der Waals surface area contributed by atoms with Crippen molar-refractivity contribution in [1.82, 2.24) is 39.8 Å². The first-order valence-electron chi connectivity index (χ1n) is 10.7. The highest BCUT2D eigenvalue weighted by molar-refractivity contribution is 5.60. The molecule has 0 bridgehead atoms. The highest BCUT2D eigenvalue weighted by atomic mass is 19.1. The fourth-order valence-corrected chi connectivity index (χ4v) is 4.36. The van der Waals surface area contributed by atoms with E-state index in [1.807, 2.05) is 0 Å². The van der Waals surface area contributed by atoms with Crippen molar-refractivity contribution in [3.05, 3.63) is 72.1 Å². The molecule has 6 rings (SSSR count). The van der Waals surface area contributed by atoms with Gasteiger partial charge in [0.25, 0.3) is 0 Å². The van der Waals surface area contributed by atoms with E-state index in [9.17, 15) is 13.9 Å². The molecule has 34 heavy (non-hydrogen) atoms. The highest BCUT2D eigenvalue weighted by Crippen LogP contribution is 2.40. The molecule has 5 aromatic rings. The number of anilines is 1. The molecule has 1 aliphatic heterocycles. The maximum atomic E-state index is 14.5. The molecule has 0 aliphatic carbocycles. The van der Waals surface area contributed by atoms with Gasteiger partial charge < -0.3 is 10.0 Å². The minimum Gasteiger partial charge on any atom is -0.508 e. The number of phenols is 1. The van der Waals surface area contributed by atoms with E-state index in [2.05, 4.69) is 30.6 Å². The number of nitrogens with one attached hydrogen (secondary N) is 1. The molecular weight excluding hydrogens is 444 g/mol. The molecule has 2 atom stereocenters. The van der Waals surface area contributed by atoms with E-state index in [1.165, 1.54) is 18.2 Å². The van der Waals surface area contributed by atoms with E-state index < -0.39 is 18.0 Å². The average Bonchev–Trinajstić information content (AvgIpc) is 3.62. The fourth-order valence-electron chi connectivity index (χ4n) is 4.36. The number of hydrogen-bond donors (Lipinski definition) is 2. The largest absolute Gasteiger partial charge is 0.508 e. The van der Waals surface area contributed by atoms with Crippen LogP contribution in [0.1, 0.15) is 23.6 Å². The monoisotopic (exact) mass is 463 g/mol. The Bertz CT molecular complexity index is 1460. The number of aromatic nitrogens is 8. The third-order valence-electron chi connectivity index (χ3n) is 5.94. The van der Waals surface area contributed by atoms with Gasteiger partial charge in [-0.3, -0.25) is 5.10 Å². The maximum absolute atomic E-state index is 14.5. The Hall–Kier alpha value is -4.35. The Kier molecular flexibility index (Phi) is 4.71. The van der Waals surface area contributed by atoms with Crippen LogP contribution >= 0.6 is 0 Å². The second-order valence-corrected chi connectivity index (χ2v) is 8.22. The molecule has 10 nitrogen and oxygen atoms in total. The molecule has 1 aliphatic rings. The molecule has 172 valence electrons. The van der Waals surface area contributed by atoms with Gasteiger partial charge in [-0.05, 0) is 30.3 Å². The maximum Gasteiger partial charge on any atom is 0.154 e. The fraction of sp³-hybridized carbons (Fsp3) is 0.227. The van der Waals surface area contributed by atoms with Crippen LogP contribution in [-0.4, -0.2) is 57.6 Å². The minimum atomic E-state index is -1.14. The number of imidazole rings is 1. The van der Waals surface area contributed by atoms with Crippen molar-refractivity contribution in [2.45, 2.75) is 25.2 Å². The summed E-state index contributed by atoms with van der Waals surface area (Å²) in [6.07, 6.45) is 5.90. The van der Waals surface area contributed by atoms with E-state index in [-0.39, 0.29) is 18.7 Å². The summed E-state index contributed by atoms with van der Waals surface area (Å²) in [6, 6.07) is 6.65. The number of alkyl halides is 1. The number of H-pyrrole nitrogens is 1. The number of aromatic hydroxyl groups is 1. The minimum absolute atomic E-state index is 0.0735. The molecule has 5 heterocycles. The summed E-state index contributed by atoms with van der Waals surface area (Å²) >= 11 is 0. The van der Waals surface area contributed by atoms with Crippen molar-refractivity contribution in [2.75, 3.05) is 11.4 Å². The summed E-state index contributed by atoms with van der Waals surface area (Å²) in [5.41, 5.74) is 3.07. The molecule has 0 saturated carbocycles. The van der Waals surface area contributed by atoms with Crippen LogP contribution in [0, 0.1) is 5.82 Å². The van der Waals surface area contributed by atoms with Gasteiger partial charge in [0.1, 0.15) is 34.9 Å². The van der Waals surface area contributed by atoms with E-state index in [1.54, 1.807) is 51.0 Å². The zero-order chi connectivity index (χ0) is 23.2. The summed E-state index contributed by atoms with van der Waals surface area (Å²) in [5.74, 6) is -0.0932. The Labute approximate surface area is 191 Å². The molecule has 2 N–H and O–H groups in total. The topological polar surface area (TPSA) is 113 Å². The van der Waals surface area contributed by atoms with Crippen molar-refractivity contribution in [3.8, 4) is 17.1 Å². The third-order valence-corrected chi connectivity index (χ3v) is 5.94. The lowest BCUT2D eigenvalue weighted by Gasteiger charge is -2.26. The highest BCUT2D eigenvalue weighted by Gasteiger charge is 2.36. The number of fused-ring (bicyclic) bond motifs is 1. The lowest BCUT2D eigenvalue weighted by atomic mass is 10.0. The van der Waals surface area contributed by atoms with Gasteiger partial charge in [-0.2, -0.15) is 5.10 Å². The van der Waals surface area contributed by atoms with Gasteiger partial charge in [0.05, 0.1) is 37.7 Å². The molecule has 0 amide bonds. The van der Waals surface area contributed by atoms with Crippen LogP contribution in [0.3, 0.4) is 0 Å². The number of rotatable bonds is 5. The molecule has 12 heteroatoms. The first-order valence-corrected chi connectivity index (χ1v) is 10.7. The van der Waals surface area contributed by atoms with Crippen LogP contribution in [-0.2, 0) is 6.54 Å². The van der Waals surface area contributed by atoms with E-state index in [0.29, 0.717) is 35.0 Å². The van der Waals surface area contributed by atoms with Crippen molar-refractivity contribution < 1.29 is 13.9 Å². The lowest BCUT2D eigenvalue weighted by molar-refractivity contribution is 0.355. The van der Waals surface area contributed by atoms with Gasteiger partial charge in [0.15, 0.2) is 5.65 Å². The first kappa shape index (κ1) is 20.3. The number of aromatic amines is 1. The Morgan fingerprint density at radius 3 is 2.94 bits per heavy atom. The molecule has 1 saturated heterocycles. The van der Waals surface area contributed by atoms with E-state index >= 15 is 0 Å². The van der Waals surface area contributed by atoms with Crippen LogP contribution in [0.15, 0.2) is 55.1 Å². The Morgan fingerprint density at radius 1 is 1.18 bits per heavy atom. The number of halogens is 2. The third kappa shape index (κ3) is 3.52. The van der Waals surface area contributed by atoms with Gasteiger partial charge in [0, 0.05) is 23.7 Å². The smallest absolute Gasteiger partial charge is 0.154 e. The summed E-state index contributed by atoms with van der Waals surface area (Å²) in [6.45, 7) is 0.577. The summed E-state index contributed by atoms with van der Waals surface area (Å²) < 4.78 is 31.7. The van der Waals surface area contributed by atoms with Gasteiger partial charge in [-0.15, -0.1) is 10.2 Å². The average molecular weight is 463 g/mol. The number of hydrogen-bond acceptors (Lipinski definition) is 7. The summed E-state index contributed by atoms with van der Waals surface area (Å²) in [4.78, 5) is 6.13. The van der Waals surface area contributed by atoms with Gasteiger partial charge in [0.2, 0.25) is 0 Å². The van der Waals surface area contributed by atoms with Crippen molar-refractivity contribution in [3.63, 3.8) is 0 Å². The van der Waals surface area contributed by atoms with Crippen LogP contribution < -0.4 is 4.90 Å². The molecule has 0 spiro atoms. The van der Waals surface area contributed by atoms with Crippen LogP contribution in [0.4, 0.5) is 14.6 Å². The molecule has 1 aromatic carbocycles. The normalized spacial score (nSPS) is 18.2. The second-order valence-electron chi connectivity index (χ2n) is 8.22. The van der Waals surface area contributed by atoms with Gasteiger partial charge >= 0.3 is 0 Å². The van der Waals surface area contributed by atoms with Gasteiger partial charge in [-0.1, -0.05) is 5.21 Å². The first-order chi connectivity index (χ1) is 16.5. The van der Waals surface area contributed by atoms with Crippen LogP contribution in [0.5, 0.6) is 5.75 Å². The standard InChI is InChI=1S/C22H19F2N9O/c23-14-1-2-20(34)16(5-14)18-6-15(24)11-32(18)22-4-3-21-25-9-19(33(21)29-22)17-12-31(30-28-17)10-13-7-26-27-8-13/h1-5,7-9,12,15,18,34H,6,10-11H2,(H,26,27)/t15-,18+/m0/s1. The number of nitrogens with zero attached hydrogens (tertiary/aromatic N) is 8. The van der Waals surface area contributed by atoms with Crippen molar-refractivity contribution in [2.24, 2.45) is 0 Å². The second kappa shape index (κ2) is 7.90. The molecular formula is C22H19F2N9O. The predicted molar refractivity (Wildman–Crippen MR) is 117 cm³/mol. The van der Waals surface area contributed by atoms with Gasteiger partial charge in [-0.25, -0.2) is 23.0 Å². The number of phenolic OH excluding ortho intramolecular Hbond substituents is 1. The Morgan fingerprint density at radius 2 is 2.09 bits per heavy atom. The molecule has 0 unspecified atom stereocenters. The predicted octanol–water partition coefficient (Wildman–Crippen LogP) is 2.89. The zero-order valence-corrected chi connectivity index (χ0v) is 17.8. The quantitative estimate of drug-likeness (QED) is 0.412. The number of benzene rings is 1. The molecule has 4 aromatic heterocycles. The molecule has 0 radical (unpaired) electrons. The van der Waals surface area contributed by atoms with E-state index in [0.717, 1.165) is 5.56 Å². The van der Waals surface area contributed by atoms with Crippen LogP contribution in [0.2, 0.25) is 0 Å². The van der Waals surface area contributed by atoms with E-state index in [4.69, 9.17) is 0 Å². The van der Waals surface area contributed by atoms with Crippen molar-refractivity contribution >= 4 is 11.5 Å². The Balaban J connectivity index is 1.36. The summed E-state index contributed by atoms with van der Waals surface area (Å²) in [7, 11) is 0. The van der Waals surface area contributed by atoms with Crippen LogP contribution in [0.25, 0.3) is 17.0 Å². The van der Waals surface area contributed by atoms with Crippen molar-refractivity contribution in [1.29, 1.82) is 0 Å². The molecule has 1 fully saturated rings. The SMILES string of the molecule is Oc1ccc(F)cc1[C@H]1C[C@H](F)CN1c1ccc2ncc(-c3cn(Cc4cn[nH]c4)nn3)n2n1. The zero-order valence-electron chi connectivity index (χ0n) is 17.8.